The molecule has 0 spiro atoms. The van der Waals surface area contributed by atoms with Gasteiger partial charge in [-0.2, -0.15) is 5.10 Å². The summed E-state index contributed by atoms with van der Waals surface area (Å²) in [5, 5.41) is 4.07. The van der Waals surface area contributed by atoms with Gasteiger partial charge in [0, 0.05) is 19.3 Å². The second-order valence-corrected chi connectivity index (χ2v) is 3.04. The highest BCUT2D eigenvalue weighted by Gasteiger charge is 1.97. The van der Waals surface area contributed by atoms with Crippen LogP contribution >= 0.6 is 0 Å². The summed E-state index contributed by atoms with van der Waals surface area (Å²) >= 11 is 0. The standard InChI is InChI=1S/C8H15N3/c1-7(9)3-4-8-5-10-11(2)6-8/h5-7H,3-4,9H2,1-2H3. The molecule has 0 fully saturated rings. The van der Waals surface area contributed by atoms with E-state index in [4.69, 9.17) is 5.73 Å². The molecule has 2 N–H and O–H groups in total. The number of aryl methyl sites for hydroxylation is 2. The van der Waals surface area contributed by atoms with Gasteiger partial charge in [-0.15, -0.1) is 0 Å². The van der Waals surface area contributed by atoms with Crippen molar-refractivity contribution in [2.24, 2.45) is 12.8 Å². The minimum absolute atomic E-state index is 0.287. The van der Waals surface area contributed by atoms with Crippen molar-refractivity contribution in [1.29, 1.82) is 0 Å². The Morgan fingerprint density at radius 1 is 1.73 bits per heavy atom. The zero-order valence-electron chi connectivity index (χ0n) is 7.12. The SMILES string of the molecule is CC(N)CCc1cnn(C)c1. The first kappa shape index (κ1) is 8.27. The van der Waals surface area contributed by atoms with Crippen LogP contribution in [0.2, 0.25) is 0 Å². The molecule has 1 aromatic rings. The highest BCUT2D eigenvalue weighted by atomic mass is 15.2. The van der Waals surface area contributed by atoms with Gasteiger partial charge in [0.05, 0.1) is 6.20 Å². The smallest absolute Gasteiger partial charge is 0.0521 e. The van der Waals surface area contributed by atoms with Gasteiger partial charge in [0.25, 0.3) is 0 Å². The van der Waals surface area contributed by atoms with Crippen molar-refractivity contribution in [3.05, 3.63) is 18.0 Å². The number of nitrogens with two attached hydrogens (primary N) is 1. The van der Waals surface area contributed by atoms with Crippen LogP contribution in [0.15, 0.2) is 12.4 Å². The molecule has 0 aromatic carbocycles. The van der Waals surface area contributed by atoms with E-state index in [1.165, 1.54) is 5.56 Å². The minimum Gasteiger partial charge on any atom is -0.328 e. The summed E-state index contributed by atoms with van der Waals surface area (Å²) in [6.07, 6.45) is 5.99. The van der Waals surface area contributed by atoms with Crippen molar-refractivity contribution >= 4 is 0 Å². The highest BCUT2D eigenvalue weighted by molar-refractivity contribution is 5.03. The van der Waals surface area contributed by atoms with Crippen LogP contribution in [0.25, 0.3) is 0 Å². The number of aromatic nitrogens is 2. The Morgan fingerprint density at radius 2 is 2.45 bits per heavy atom. The summed E-state index contributed by atoms with van der Waals surface area (Å²) in [5.41, 5.74) is 6.89. The van der Waals surface area contributed by atoms with Gasteiger partial charge >= 0.3 is 0 Å². The first-order valence-corrected chi connectivity index (χ1v) is 3.91. The Hall–Kier alpha value is -0.830. The zero-order chi connectivity index (χ0) is 8.27. The van der Waals surface area contributed by atoms with Crippen LogP contribution in [0.4, 0.5) is 0 Å². The van der Waals surface area contributed by atoms with Crippen molar-refractivity contribution in [3.8, 4) is 0 Å². The van der Waals surface area contributed by atoms with Gasteiger partial charge in [-0.25, -0.2) is 0 Å². The Balaban J connectivity index is 2.39. The van der Waals surface area contributed by atoms with Crippen LogP contribution in [-0.4, -0.2) is 15.8 Å². The molecule has 62 valence electrons. The van der Waals surface area contributed by atoms with Crippen molar-refractivity contribution in [2.75, 3.05) is 0 Å². The lowest BCUT2D eigenvalue weighted by molar-refractivity contribution is 0.665. The van der Waals surface area contributed by atoms with Crippen LogP contribution in [0.5, 0.6) is 0 Å². The van der Waals surface area contributed by atoms with Crippen molar-refractivity contribution < 1.29 is 0 Å². The summed E-state index contributed by atoms with van der Waals surface area (Å²) < 4.78 is 1.82. The Kier molecular flexibility index (Phi) is 2.65. The molecule has 0 saturated heterocycles. The Morgan fingerprint density at radius 3 is 2.91 bits per heavy atom. The summed E-state index contributed by atoms with van der Waals surface area (Å²) in [6, 6.07) is 0.287. The van der Waals surface area contributed by atoms with E-state index >= 15 is 0 Å². The molecule has 1 heterocycles. The van der Waals surface area contributed by atoms with Gasteiger partial charge in [-0.05, 0) is 25.3 Å². The van der Waals surface area contributed by atoms with Crippen LogP contribution in [0.3, 0.4) is 0 Å². The largest absolute Gasteiger partial charge is 0.328 e. The quantitative estimate of drug-likeness (QED) is 0.694. The zero-order valence-corrected chi connectivity index (χ0v) is 7.12. The molecule has 11 heavy (non-hydrogen) atoms. The molecule has 1 atom stereocenters. The second-order valence-electron chi connectivity index (χ2n) is 3.04. The number of nitrogens with zero attached hydrogens (tertiary/aromatic N) is 2. The van der Waals surface area contributed by atoms with Crippen molar-refractivity contribution in [2.45, 2.75) is 25.8 Å². The molecular formula is C8H15N3. The average Bonchev–Trinajstić information content (AvgIpc) is 2.31. The fourth-order valence-corrected chi connectivity index (χ4v) is 0.995. The van der Waals surface area contributed by atoms with Crippen LogP contribution in [0.1, 0.15) is 18.9 Å². The summed E-state index contributed by atoms with van der Waals surface area (Å²) in [6.45, 7) is 2.02. The Labute approximate surface area is 67.2 Å². The van der Waals surface area contributed by atoms with Gasteiger partial charge in [-0.3, -0.25) is 4.68 Å². The molecule has 3 nitrogen and oxygen atoms in total. The maximum absolute atomic E-state index is 5.62. The molecule has 1 aromatic heterocycles. The van der Waals surface area contributed by atoms with E-state index in [-0.39, 0.29) is 6.04 Å². The second kappa shape index (κ2) is 3.53. The highest BCUT2D eigenvalue weighted by Crippen LogP contribution is 2.01. The van der Waals surface area contributed by atoms with E-state index in [9.17, 15) is 0 Å². The van der Waals surface area contributed by atoms with E-state index in [1.807, 2.05) is 31.0 Å². The predicted molar refractivity (Wildman–Crippen MR) is 45.2 cm³/mol. The van der Waals surface area contributed by atoms with E-state index in [0.29, 0.717) is 0 Å². The number of hydrogen-bond donors (Lipinski definition) is 1. The molecule has 0 aliphatic rings. The lowest BCUT2D eigenvalue weighted by Crippen LogP contribution is -2.15. The molecule has 0 radical (unpaired) electrons. The van der Waals surface area contributed by atoms with E-state index in [0.717, 1.165) is 12.8 Å². The third kappa shape index (κ3) is 2.72. The maximum atomic E-state index is 5.62. The first-order valence-electron chi connectivity index (χ1n) is 3.91. The fraction of sp³-hybridized carbons (Fsp3) is 0.625. The van der Waals surface area contributed by atoms with Crippen molar-refractivity contribution in [3.63, 3.8) is 0 Å². The molecule has 3 heteroatoms. The minimum atomic E-state index is 0.287. The van der Waals surface area contributed by atoms with Crippen LogP contribution < -0.4 is 5.73 Å². The Bertz CT molecular complexity index is 215. The molecule has 0 aliphatic heterocycles. The van der Waals surface area contributed by atoms with E-state index in [2.05, 4.69) is 5.10 Å². The van der Waals surface area contributed by atoms with E-state index in [1.54, 1.807) is 0 Å². The summed E-state index contributed by atoms with van der Waals surface area (Å²) in [7, 11) is 1.93. The van der Waals surface area contributed by atoms with Crippen LogP contribution in [0, 0.1) is 0 Å². The van der Waals surface area contributed by atoms with Gasteiger partial charge in [-0.1, -0.05) is 0 Å². The van der Waals surface area contributed by atoms with Gasteiger partial charge in [0.1, 0.15) is 0 Å². The topological polar surface area (TPSA) is 43.8 Å². The third-order valence-electron chi connectivity index (χ3n) is 1.65. The number of rotatable bonds is 3. The predicted octanol–water partition coefficient (Wildman–Crippen LogP) is 0.700. The van der Waals surface area contributed by atoms with Crippen molar-refractivity contribution in [1.82, 2.24) is 9.78 Å². The average molecular weight is 153 g/mol. The molecule has 0 amide bonds. The maximum Gasteiger partial charge on any atom is 0.0521 e. The molecular weight excluding hydrogens is 138 g/mol. The molecule has 1 unspecified atom stereocenters. The van der Waals surface area contributed by atoms with Crippen LogP contribution in [-0.2, 0) is 13.5 Å². The van der Waals surface area contributed by atoms with Gasteiger partial charge in [0.15, 0.2) is 0 Å². The summed E-state index contributed by atoms with van der Waals surface area (Å²) in [4.78, 5) is 0. The normalized spacial score (nSPS) is 13.4. The third-order valence-corrected chi connectivity index (χ3v) is 1.65. The molecule has 0 saturated carbocycles. The first-order chi connectivity index (χ1) is 5.18. The molecule has 1 rings (SSSR count). The lowest BCUT2D eigenvalue weighted by atomic mass is 10.1. The number of hydrogen-bond acceptors (Lipinski definition) is 2. The van der Waals surface area contributed by atoms with Gasteiger partial charge < -0.3 is 5.73 Å². The van der Waals surface area contributed by atoms with Gasteiger partial charge in [0.2, 0.25) is 0 Å². The lowest BCUT2D eigenvalue weighted by Gasteiger charge is -2.00. The molecule has 0 aliphatic carbocycles. The van der Waals surface area contributed by atoms with E-state index < -0.39 is 0 Å². The fourth-order valence-electron chi connectivity index (χ4n) is 0.995. The monoisotopic (exact) mass is 153 g/mol. The molecule has 0 bridgehead atoms. The summed E-state index contributed by atoms with van der Waals surface area (Å²) in [5.74, 6) is 0.